The zero-order valence-electron chi connectivity index (χ0n) is 12.4. The van der Waals surface area contributed by atoms with E-state index in [1.54, 1.807) is 24.9 Å². The van der Waals surface area contributed by atoms with E-state index in [-0.39, 0.29) is 5.91 Å². The molecule has 0 saturated heterocycles. The van der Waals surface area contributed by atoms with Gasteiger partial charge in [-0.3, -0.25) is 4.79 Å². The van der Waals surface area contributed by atoms with Gasteiger partial charge < -0.3 is 10.1 Å². The van der Waals surface area contributed by atoms with E-state index in [0.29, 0.717) is 23.6 Å². The Morgan fingerprint density at radius 2 is 2.09 bits per heavy atom. The van der Waals surface area contributed by atoms with Crippen molar-refractivity contribution in [2.75, 3.05) is 13.4 Å². The first-order chi connectivity index (χ1) is 10.7. The van der Waals surface area contributed by atoms with Crippen LogP contribution in [0, 0.1) is 0 Å². The number of fused-ring (bicyclic) bond motifs is 1. The summed E-state index contributed by atoms with van der Waals surface area (Å²) in [5, 5.41) is 2.88. The number of hydrogen-bond donors (Lipinski definition) is 1. The molecule has 0 atom stereocenters. The van der Waals surface area contributed by atoms with Gasteiger partial charge in [-0.1, -0.05) is 18.2 Å². The lowest BCUT2D eigenvalue weighted by Crippen LogP contribution is -2.30. The fourth-order valence-corrected chi connectivity index (χ4v) is 2.82. The van der Waals surface area contributed by atoms with Crippen LogP contribution in [0.3, 0.4) is 0 Å². The highest BCUT2D eigenvalue weighted by Gasteiger charge is 2.19. The number of ether oxygens (including phenoxy) is 1. The van der Waals surface area contributed by atoms with Crippen molar-refractivity contribution in [2.24, 2.45) is 4.99 Å². The van der Waals surface area contributed by atoms with Crippen LogP contribution in [0.4, 0.5) is 5.69 Å². The Morgan fingerprint density at radius 1 is 1.27 bits per heavy atom. The minimum atomic E-state index is -0.198. The van der Waals surface area contributed by atoms with Crippen LogP contribution < -0.4 is 10.1 Å². The summed E-state index contributed by atoms with van der Waals surface area (Å²) in [6, 6.07) is 13.4. The van der Waals surface area contributed by atoms with E-state index in [1.165, 1.54) is 0 Å². The van der Waals surface area contributed by atoms with Crippen molar-refractivity contribution in [2.45, 2.75) is 11.3 Å². The van der Waals surface area contributed by atoms with E-state index >= 15 is 0 Å². The number of methoxy groups -OCH3 is 1. The molecule has 1 aliphatic rings. The Morgan fingerprint density at radius 3 is 2.82 bits per heavy atom. The molecule has 5 heteroatoms. The lowest BCUT2D eigenvalue weighted by Gasteiger charge is -2.10. The number of thioether (sulfide) groups is 1. The quantitative estimate of drug-likeness (QED) is 0.883. The molecule has 4 nitrogen and oxygen atoms in total. The summed E-state index contributed by atoms with van der Waals surface area (Å²) in [4.78, 5) is 18.0. The summed E-state index contributed by atoms with van der Waals surface area (Å²) in [5.41, 5.74) is 2.56. The minimum absolute atomic E-state index is 0.198. The lowest BCUT2D eigenvalue weighted by atomic mass is 10.1. The minimum Gasteiger partial charge on any atom is -0.496 e. The first-order valence-corrected chi connectivity index (χ1v) is 8.12. The highest BCUT2D eigenvalue weighted by atomic mass is 32.2. The van der Waals surface area contributed by atoms with Crippen molar-refractivity contribution in [1.82, 2.24) is 5.32 Å². The summed E-state index contributed by atoms with van der Waals surface area (Å²) in [6.07, 6.45) is 2.63. The molecule has 1 N–H and O–H groups in total. The molecule has 1 amide bonds. The van der Waals surface area contributed by atoms with Gasteiger partial charge in [-0.25, -0.2) is 4.99 Å². The van der Waals surface area contributed by atoms with E-state index in [9.17, 15) is 4.79 Å². The van der Waals surface area contributed by atoms with Gasteiger partial charge in [0.25, 0.3) is 5.91 Å². The molecule has 0 bridgehead atoms. The molecule has 0 aliphatic carbocycles. The van der Waals surface area contributed by atoms with Gasteiger partial charge in [0, 0.05) is 11.3 Å². The molecule has 1 heterocycles. The van der Waals surface area contributed by atoms with Crippen LogP contribution in [-0.4, -0.2) is 25.1 Å². The standard InChI is InChI=1S/C17H16N2O2S/c1-21-15-10-12(22-2)7-8-13(15)17(20)19-16-9-11-5-3-4-6-14(11)18-16/h3-8,10H,9H2,1-2H3,(H,18,19,20). The number of rotatable bonds is 3. The predicted molar refractivity (Wildman–Crippen MR) is 89.5 cm³/mol. The molecule has 3 rings (SSSR count). The molecule has 0 unspecified atom stereocenters. The molecule has 0 radical (unpaired) electrons. The molecule has 1 aliphatic heterocycles. The van der Waals surface area contributed by atoms with Crippen molar-refractivity contribution >= 4 is 29.2 Å². The first kappa shape index (κ1) is 14.7. The van der Waals surface area contributed by atoms with E-state index in [4.69, 9.17) is 4.74 Å². The van der Waals surface area contributed by atoms with E-state index < -0.39 is 0 Å². The van der Waals surface area contributed by atoms with Crippen molar-refractivity contribution in [1.29, 1.82) is 0 Å². The van der Waals surface area contributed by atoms with Crippen LogP contribution in [0.1, 0.15) is 15.9 Å². The maximum atomic E-state index is 12.5. The number of para-hydroxylation sites is 1. The summed E-state index contributed by atoms with van der Waals surface area (Å²) in [5.74, 6) is 1.04. The molecule has 0 spiro atoms. The SMILES string of the molecule is COc1cc(SC)ccc1C(=O)NC1=Nc2ccccc2C1. The third kappa shape index (κ3) is 2.85. The molecule has 112 valence electrons. The summed E-state index contributed by atoms with van der Waals surface area (Å²) < 4.78 is 5.32. The number of nitrogens with zero attached hydrogens (tertiary/aromatic N) is 1. The Kier molecular flexibility index (Phi) is 4.15. The van der Waals surface area contributed by atoms with Crippen LogP contribution in [0.25, 0.3) is 0 Å². The van der Waals surface area contributed by atoms with Crippen molar-refractivity contribution in [3.05, 3.63) is 53.6 Å². The van der Waals surface area contributed by atoms with Crippen LogP contribution in [0.15, 0.2) is 52.4 Å². The normalized spacial score (nSPS) is 12.5. The van der Waals surface area contributed by atoms with E-state index in [2.05, 4.69) is 10.3 Å². The number of aliphatic imine (C=N–C) groups is 1. The second-order valence-electron chi connectivity index (χ2n) is 4.88. The van der Waals surface area contributed by atoms with Crippen molar-refractivity contribution < 1.29 is 9.53 Å². The fraction of sp³-hybridized carbons (Fsp3) is 0.176. The van der Waals surface area contributed by atoms with Gasteiger partial charge in [0.05, 0.1) is 18.4 Å². The maximum absolute atomic E-state index is 12.5. The van der Waals surface area contributed by atoms with Gasteiger partial charge in [-0.15, -0.1) is 11.8 Å². The molecular formula is C17H16N2O2S. The zero-order valence-corrected chi connectivity index (χ0v) is 13.2. The largest absolute Gasteiger partial charge is 0.496 e. The van der Waals surface area contributed by atoms with Crippen LogP contribution in [0.5, 0.6) is 5.75 Å². The summed E-state index contributed by atoms with van der Waals surface area (Å²) >= 11 is 1.61. The van der Waals surface area contributed by atoms with Crippen LogP contribution in [-0.2, 0) is 6.42 Å². The topological polar surface area (TPSA) is 50.7 Å². The smallest absolute Gasteiger partial charge is 0.260 e. The van der Waals surface area contributed by atoms with E-state index in [1.807, 2.05) is 42.7 Å². The third-order valence-electron chi connectivity index (χ3n) is 3.52. The number of amides is 1. The number of hydrogen-bond acceptors (Lipinski definition) is 4. The Labute approximate surface area is 133 Å². The second-order valence-corrected chi connectivity index (χ2v) is 5.76. The van der Waals surface area contributed by atoms with Crippen molar-refractivity contribution in [3.63, 3.8) is 0 Å². The maximum Gasteiger partial charge on any atom is 0.260 e. The third-order valence-corrected chi connectivity index (χ3v) is 4.24. The molecule has 22 heavy (non-hydrogen) atoms. The number of nitrogens with one attached hydrogen (secondary N) is 1. The highest BCUT2D eigenvalue weighted by Crippen LogP contribution is 2.27. The average Bonchev–Trinajstić information content (AvgIpc) is 2.96. The molecule has 2 aromatic carbocycles. The van der Waals surface area contributed by atoms with Gasteiger partial charge in [0.1, 0.15) is 11.6 Å². The Bertz CT molecular complexity index is 756. The number of carbonyl (C=O) groups is 1. The van der Waals surface area contributed by atoms with Crippen molar-refractivity contribution in [3.8, 4) is 5.75 Å². The predicted octanol–water partition coefficient (Wildman–Crippen LogP) is 3.43. The highest BCUT2D eigenvalue weighted by molar-refractivity contribution is 7.98. The second kappa shape index (κ2) is 6.23. The van der Waals surface area contributed by atoms with Gasteiger partial charge in [-0.2, -0.15) is 0 Å². The summed E-state index contributed by atoms with van der Waals surface area (Å²) in [6.45, 7) is 0. The van der Waals surface area contributed by atoms with Crippen LogP contribution >= 0.6 is 11.8 Å². The first-order valence-electron chi connectivity index (χ1n) is 6.90. The molecule has 0 saturated carbocycles. The van der Waals surface area contributed by atoms with Gasteiger partial charge in [-0.05, 0) is 36.1 Å². The zero-order chi connectivity index (χ0) is 15.5. The Hall–Kier alpha value is -2.27. The monoisotopic (exact) mass is 312 g/mol. The molecule has 2 aromatic rings. The lowest BCUT2D eigenvalue weighted by molar-refractivity contribution is 0.0973. The fourth-order valence-electron chi connectivity index (χ4n) is 2.39. The molecular weight excluding hydrogens is 296 g/mol. The summed E-state index contributed by atoms with van der Waals surface area (Å²) in [7, 11) is 1.57. The molecule has 0 aromatic heterocycles. The van der Waals surface area contributed by atoms with Crippen LogP contribution in [0.2, 0.25) is 0 Å². The van der Waals surface area contributed by atoms with Gasteiger partial charge in [0.15, 0.2) is 0 Å². The van der Waals surface area contributed by atoms with E-state index in [0.717, 1.165) is 16.1 Å². The Balaban J connectivity index is 1.79. The van der Waals surface area contributed by atoms with Gasteiger partial charge in [0.2, 0.25) is 0 Å². The number of carbonyl (C=O) groups excluding carboxylic acids is 1. The van der Waals surface area contributed by atoms with Gasteiger partial charge >= 0.3 is 0 Å². The number of benzene rings is 2. The average molecular weight is 312 g/mol. The molecule has 0 fully saturated rings. The number of amidine groups is 1.